The molecule has 6 nitrogen and oxygen atoms in total. The number of esters is 1. The topological polar surface area (TPSA) is 80.3 Å². The van der Waals surface area contributed by atoms with Crippen molar-refractivity contribution in [2.75, 3.05) is 12.4 Å². The van der Waals surface area contributed by atoms with Gasteiger partial charge in [0, 0.05) is 24.0 Å². The van der Waals surface area contributed by atoms with Crippen LogP contribution in [0.2, 0.25) is 0 Å². The van der Waals surface area contributed by atoms with Crippen LogP contribution < -0.4 is 10.6 Å². The number of ether oxygens (including phenoxy) is 1. The number of nitrogens with one attached hydrogen (secondary N) is 2. The summed E-state index contributed by atoms with van der Waals surface area (Å²) in [4.78, 5) is 28.0. The maximum absolute atomic E-state index is 13.6. The van der Waals surface area contributed by atoms with E-state index in [-0.39, 0.29) is 18.3 Å². The minimum atomic E-state index is -0.432. The molecule has 0 unspecified atom stereocenters. The highest BCUT2D eigenvalue weighted by Crippen LogP contribution is 2.17. The highest BCUT2D eigenvalue weighted by atomic mass is 19.1. The van der Waals surface area contributed by atoms with E-state index in [0.29, 0.717) is 28.2 Å². The summed E-state index contributed by atoms with van der Waals surface area (Å²) >= 11 is 0. The van der Waals surface area contributed by atoms with Gasteiger partial charge in [0.05, 0.1) is 18.2 Å². The predicted octanol–water partition coefficient (Wildman–Crippen LogP) is 3.68. The summed E-state index contributed by atoms with van der Waals surface area (Å²) < 4.78 is 18.3. The molecule has 0 bridgehead atoms. The highest BCUT2D eigenvalue weighted by Gasteiger charge is 2.09. The summed E-state index contributed by atoms with van der Waals surface area (Å²) in [7, 11) is 1.32. The molecule has 0 aliphatic carbocycles. The van der Waals surface area contributed by atoms with Crippen molar-refractivity contribution in [1.29, 1.82) is 0 Å². The second-order valence-corrected chi connectivity index (χ2v) is 5.90. The van der Waals surface area contributed by atoms with Gasteiger partial charge in [-0.25, -0.2) is 14.2 Å². The number of benzene rings is 2. The molecule has 0 fully saturated rings. The normalized spacial score (nSPS) is 10.2. The van der Waals surface area contributed by atoms with Gasteiger partial charge in [0.25, 0.3) is 5.91 Å². The lowest BCUT2D eigenvalue weighted by Crippen LogP contribution is -2.23. The molecule has 2 aromatic carbocycles. The molecule has 1 heterocycles. The number of carbonyl (C=O) groups is 2. The van der Waals surface area contributed by atoms with E-state index < -0.39 is 5.97 Å². The SMILES string of the molecule is COC(=O)c1cccc(Nc2ccc(C(=O)NCc3ccccc3F)cn2)c1. The molecule has 0 atom stereocenters. The molecule has 1 aromatic heterocycles. The third-order valence-corrected chi connectivity index (χ3v) is 3.98. The zero-order chi connectivity index (χ0) is 19.9. The highest BCUT2D eigenvalue weighted by molar-refractivity contribution is 5.94. The van der Waals surface area contributed by atoms with Crippen LogP contribution in [0.3, 0.4) is 0 Å². The molecule has 142 valence electrons. The van der Waals surface area contributed by atoms with Crippen LogP contribution in [0.25, 0.3) is 0 Å². The Labute approximate surface area is 161 Å². The number of nitrogens with zero attached hydrogens (tertiary/aromatic N) is 1. The molecule has 7 heteroatoms. The number of carbonyl (C=O) groups excluding carboxylic acids is 2. The van der Waals surface area contributed by atoms with Crippen LogP contribution >= 0.6 is 0 Å². The fourth-order valence-corrected chi connectivity index (χ4v) is 2.51. The fraction of sp³-hybridized carbons (Fsp3) is 0.0952. The molecule has 2 N–H and O–H groups in total. The number of halogens is 1. The molecule has 28 heavy (non-hydrogen) atoms. The van der Waals surface area contributed by atoms with E-state index in [4.69, 9.17) is 4.74 Å². The van der Waals surface area contributed by atoms with Crippen LogP contribution in [0.4, 0.5) is 15.9 Å². The third kappa shape index (κ3) is 4.70. The average molecular weight is 379 g/mol. The predicted molar refractivity (Wildman–Crippen MR) is 103 cm³/mol. The van der Waals surface area contributed by atoms with Gasteiger partial charge in [-0.2, -0.15) is 0 Å². The van der Waals surface area contributed by atoms with Gasteiger partial charge in [-0.3, -0.25) is 4.79 Å². The van der Waals surface area contributed by atoms with Gasteiger partial charge in [0.15, 0.2) is 0 Å². The Morgan fingerprint density at radius 1 is 1.04 bits per heavy atom. The summed E-state index contributed by atoms with van der Waals surface area (Å²) in [5.41, 5.74) is 1.83. The molecule has 0 saturated carbocycles. The van der Waals surface area contributed by atoms with Crippen molar-refractivity contribution < 1.29 is 18.7 Å². The fourth-order valence-electron chi connectivity index (χ4n) is 2.51. The van der Waals surface area contributed by atoms with Crippen LogP contribution in [0.5, 0.6) is 0 Å². The average Bonchev–Trinajstić information content (AvgIpc) is 2.73. The Morgan fingerprint density at radius 3 is 2.57 bits per heavy atom. The van der Waals surface area contributed by atoms with Gasteiger partial charge in [-0.05, 0) is 36.4 Å². The Kier molecular flexibility index (Phi) is 5.96. The van der Waals surface area contributed by atoms with Crippen molar-refractivity contribution in [2.45, 2.75) is 6.54 Å². The zero-order valence-corrected chi connectivity index (χ0v) is 15.1. The summed E-state index contributed by atoms with van der Waals surface area (Å²) in [5.74, 6) is -0.643. The lowest BCUT2D eigenvalue weighted by molar-refractivity contribution is 0.0600. The lowest BCUT2D eigenvalue weighted by atomic mass is 10.2. The number of anilines is 2. The minimum Gasteiger partial charge on any atom is -0.465 e. The maximum atomic E-state index is 13.6. The van der Waals surface area contributed by atoms with Crippen LogP contribution in [0.15, 0.2) is 66.9 Å². The van der Waals surface area contributed by atoms with E-state index in [9.17, 15) is 14.0 Å². The number of aromatic nitrogens is 1. The molecule has 0 aliphatic rings. The van der Waals surface area contributed by atoms with Crippen molar-refractivity contribution in [1.82, 2.24) is 10.3 Å². The third-order valence-electron chi connectivity index (χ3n) is 3.98. The van der Waals surface area contributed by atoms with Gasteiger partial charge in [-0.15, -0.1) is 0 Å². The molecular formula is C21H18FN3O3. The summed E-state index contributed by atoms with van der Waals surface area (Å²) in [5, 5.41) is 5.72. The summed E-state index contributed by atoms with van der Waals surface area (Å²) in [6, 6.07) is 16.3. The molecular weight excluding hydrogens is 361 g/mol. The molecule has 3 aromatic rings. The van der Waals surface area contributed by atoms with Crippen molar-refractivity contribution in [3.63, 3.8) is 0 Å². The number of hydrogen-bond acceptors (Lipinski definition) is 5. The largest absolute Gasteiger partial charge is 0.465 e. The first-order valence-electron chi connectivity index (χ1n) is 8.50. The summed E-state index contributed by atoms with van der Waals surface area (Å²) in [6.45, 7) is 0.0891. The maximum Gasteiger partial charge on any atom is 0.337 e. The van der Waals surface area contributed by atoms with E-state index in [0.717, 1.165) is 0 Å². The Morgan fingerprint density at radius 2 is 1.86 bits per heavy atom. The van der Waals surface area contributed by atoms with E-state index in [1.807, 2.05) is 0 Å². The van der Waals surface area contributed by atoms with Gasteiger partial charge in [0.2, 0.25) is 0 Å². The second-order valence-electron chi connectivity index (χ2n) is 5.90. The van der Waals surface area contributed by atoms with E-state index >= 15 is 0 Å². The Balaban J connectivity index is 1.62. The minimum absolute atomic E-state index is 0.0891. The molecule has 0 aliphatic heterocycles. The van der Waals surface area contributed by atoms with Crippen LogP contribution in [0, 0.1) is 5.82 Å². The van der Waals surface area contributed by atoms with Crippen LogP contribution in [0.1, 0.15) is 26.3 Å². The molecule has 3 rings (SSSR count). The van der Waals surface area contributed by atoms with Crippen LogP contribution in [-0.4, -0.2) is 24.0 Å². The Bertz CT molecular complexity index is 990. The Hall–Kier alpha value is -3.74. The first-order chi connectivity index (χ1) is 13.6. The summed E-state index contributed by atoms with van der Waals surface area (Å²) in [6.07, 6.45) is 1.42. The molecule has 0 saturated heterocycles. The van der Waals surface area contributed by atoms with E-state index in [2.05, 4.69) is 15.6 Å². The molecule has 0 radical (unpaired) electrons. The van der Waals surface area contributed by atoms with Gasteiger partial charge < -0.3 is 15.4 Å². The van der Waals surface area contributed by atoms with E-state index in [1.54, 1.807) is 54.6 Å². The van der Waals surface area contributed by atoms with Crippen molar-refractivity contribution in [3.05, 3.63) is 89.4 Å². The first kappa shape index (κ1) is 19.0. The van der Waals surface area contributed by atoms with E-state index in [1.165, 1.54) is 19.4 Å². The van der Waals surface area contributed by atoms with Gasteiger partial charge >= 0.3 is 5.97 Å². The van der Waals surface area contributed by atoms with Gasteiger partial charge in [0.1, 0.15) is 11.6 Å². The molecule has 0 spiro atoms. The lowest BCUT2D eigenvalue weighted by Gasteiger charge is -2.09. The monoisotopic (exact) mass is 379 g/mol. The number of methoxy groups -OCH3 is 1. The van der Waals surface area contributed by atoms with Crippen molar-refractivity contribution in [2.24, 2.45) is 0 Å². The second kappa shape index (κ2) is 8.77. The van der Waals surface area contributed by atoms with Crippen LogP contribution in [-0.2, 0) is 11.3 Å². The standard InChI is InChI=1S/C21H18FN3O3/c1-28-21(27)14-6-4-7-17(11-14)25-19-10-9-16(13-23-19)20(26)24-12-15-5-2-3-8-18(15)22/h2-11,13H,12H2,1H3,(H,23,25)(H,24,26). The number of rotatable bonds is 6. The smallest absolute Gasteiger partial charge is 0.337 e. The quantitative estimate of drug-likeness (QED) is 0.639. The van der Waals surface area contributed by atoms with Crippen molar-refractivity contribution >= 4 is 23.4 Å². The number of amides is 1. The first-order valence-corrected chi connectivity index (χ1v) is 8.50. The zero-order valence-electron chi connectivity index (χ0n) is 15.1. The number of pyridine rings is 1. The van der Waals surface area contributed by atoms with Gasteiger partial charge in [-0.1, -0.05) is 24.3 Å². The van der Waals surface area contributed by atoms with Crippen molar-refractivity contribution in [3.8, 4) is 0 Å². The molecule has 1 amide bonds. The number of hydrogen-bond donors (Lipinski definition) is 2.